The molecule has 13 heavy (non-hydrogen) atoms. The van der Waals surface area contributed by atoms with Crippen molar-refractivity contribution in [2.75, 3.05) is 0 Å². The lowest BCUT2D eigenvalue weighted by Gasteiger charge is -2.02. The fraction of sp³-hybridized carbons (Fsp3) is 0.375. The van der Waals surface area contributed by atoms with Gasteiger partial charge in [0.25, 0.3) is 6.43 Å². The molecule has 0 radical (unpaired) electrons. The van der Waals surface area contributed by atoms with Gasteiger partial charge in [-0.3, -0.25) is 0 Å². The Hall–Kier alpha value is -1.39. The van der Waals surface area contributed by atoms with Crippen LogP contribution in [0.5, 0.6) is 0 Å². The van der Waals surface area contributed by atoms with Crippen molar-refractivity contribution in [3.63, 3.8) is 0 Å². The Bertz CT molecular complexity index is 320. The summed E-state index contributed by atoms with van der Waals surface area (Å²) < 4.78 is 25.8. The van der Waals surface area contributed by atoms with Crippen LogP contribution in [-0.4, -0.2) is 15.6 Å². The van der Waals surface area contributed by atoms with Crippen molar-refractivity contribution >= 4 is 5.97 Å². The third-order valence-corrected chi connectivity index (χ3v) is 1.74. The van der Waals surface area contributed by atoms with Gasteiger partial charge in [0.2, 0.25) is 0 Å². The molecule has 0 atom stereocenters. The van der Waals surface area contributed by atoms with Gasteiger partial charge in [-0.25, -0.2) is 13.6 Å². The number of aromatic carboxylic acids is 1. The van der Waals surface area contributed by atoms with Crippen LogP contribution in [0.25, 0.3) is 0 Å². The van der Waals surface area contributed by atoms with Crippen molar-refractivity contribution in [3.8, 4) is 0 Å². The average molecular weight is 189 g/mol. The molecular weight excluding hydrogens is 180 g/mol. The number of rotatable bonds is 3. The molecule has 0 aromatic carbocycles. The monoisotopic (exact) mass is 189 g/mol. The number of carboxylic acid groups (broad SMARTS) is 1. The minimum absolute atomic E-state index is 0.0999. The Balaban J connectivity index is 3.11. The van der Waals surface area contributed by atoms with E-state index in [0.29, 0.717) is 6.54 Å². The van der Waals surface area contributed by atoms with Crippen LogP contribution >= 0.6 is 0 Å². The molecule has 1 aromatic heterocycles. The number of nitrogens with zero attached hydrogens (tertiary/aromatic N) is 1. The summed E-state index contributed by atoms with van der Waals surface area (Å²) in [5.74, 6) is -1.19. The van der Waals surface area contributed by atoms with Crippen molar-refractivity contribution < 1.29 is 18.7 Å². The van der Waals surface area contributed by atoms with Gasteiger partial charge >= 0.3 is 5.97 Å². The number of aryl methyl sites for hydroxylation is 1. The molecule has 0 saturated carbocycles. The Morgan fingerprint density at radius 1 is 1.69 bits per heavy atom. The summed E-state index contributed by atoms with van der Waals surface area (Å²) in [7, 11) is 0. The topological polar surface area (TPSA) is 42.2 Å². The van der Waals surface area contributed by atoms with Gasteiger partial charge in [0, 0.05) is 12.7 Å². The van der Waals surface area contributed by atoms with Gasteiger partial charge in [0.1, 0.15) is 0 Å². The smallest absolute Gasteiger partial charge is 0.337 e. The molecule has 0 aliphatic carbocycles. The summed E-state index contributed by atoms with van der Waals surface area (Å²) in [5, 5.41) is 8.54. The first kappa shape index (κ1) is 9.70. The fourth-order valence-electron chi connectivity index (χ4n) is 1.10. The largest absolute Gasteiger partial charge is 0.478 e. The van der Waals surface area contributed by atoms with Crippen LogP contribution in [0.1, 0.15) is 29.4 Å². The summed E-state index contributed by atoms with van der Waals surface area (Å²) in [5.41, 5.74) is -0.350. The molecule has 1 N–H and O–H groups in total. The highest BCUT2D eigenvalue weighted by molar-refractivity contribution is 5.87. The van der Waals surface area contributed by atoms with E-state index in [2.05, 4.69) is 0 Å². The molecule has 1 heterocycles. The number of carboxylic acids is 1. The van der Waals surface area contributed by atoms with Gasteiger partial charge in [0.15, 0.2) is 0 Å². The molecule has 3 nitrogen and oxygen atoms in total. The second-order valence-corrected chi connectivity index (χ2v) is 2.55. The molecule has 0 spiro atoms. The molecule has 0 aliphatic heterocycles. The number of hydrogen-bond acceptors (Lipinski definition) is 1. The summed E-state index contributed by atoms with van der Waals surface area (Å²) >= 11 is 0. The zero-order valence-corrected chi connectivity index (χ0v) is 7.00. The van der Waals surface area contributed by atoms with E-state index in [1.54, 1.807) is 6.92 Å². The normalized spacial score (nSPS) is 10.8. The van der Waals surface area contributed by atoms with E-state index >= 15 is 0 Å². The third kappa shape index (κ3) is 1.85. The molecule has 5 heteroatoms. The van der Waals surface area contributed by atoms with E-state index in [-0.39, 0.29) is 11.3 Å². The van der Waals surface area contributed by atoms with Gasteiger partial charge in [-0.05, 0) is 13.0 Å². The van der Waals surface area contributed by atoms with Crippen LogP contribution < -0.4 is 0 Å². The number of halogens is 2. The van der Waals surface area contributed by atoms with Crippen LogP contribution in [-0.2, 0) is 6.54 Å². The fourth-order valence-corrected chi connectivity index (χ4v) is 1.10. The highest BCUT2D eigenvalue weighted by Gasteiger charge is 2.16. The maximum Gasteiger partial charge on any atom is 0.337 e. The molecule has 1 aromatic rings. The minimum atomic E-state index is -2.63. The Kier molecular flexibility index (Phi) is 2.65. The number of aromatic nitrogens is 1. The van der Waals surface area contributed by atoms with Crippen LogP contribution in [0.4, 0.5) is 8.78 Å². The lowest BCUT2D eigenvalue weighted by atomic mass is 10.3. The summed E-state index contributed by atoms with van der Waals surface area (Å²) in [4.78, 5) is 10.4. The first-order valence-electron chi connectivity index (χ1n) is 3.77. The van der Waals surface area contributed by atoms with Crippen LogP contribution in [0.15, 0.2) is 12.3 Å². The lowest BCUT2D eigenvalue weighted by molar-refractivity contribution is 0.0697. The van der Waals surface area contributed by atoms with E-state index in [1.165, 1.54) is 10.8 Å². The molecule has 0 unspecified atom stereocenters. The Labute approximate surface area is 73.6 Å². The molecule has 72 valence electrons. The Morgan fingerprint density at radius 3 is 2.62 bits per heavy atom. The van der Waals surface area contributed by atoms with Crippen LogP contribution in [0, 0.1) is 0 Å². The molecule has 0 saturated heterocycles. The molecule has 0 amide bonds. The van der Waals surface area contributed by atoms with Crippen molar-refractivity contribution in [3.05, 3.63) is 23.5 Å². The molecule has 0 aliphatic rings. The second kappa shape index (κ2) is 3.55. The van der Waals surface area contributed by atoms with Crippen LogP contribution in [0.2, 0.25) is 0 Å². The number of carbonyl (C=O) groups is 1. The van der Waals surface area contributed by atoms with E-state index < -0.39 is 12.4 Å². The van der Waals surface area contributed by atoms with Crippen molar-refractivity contribution in [2.24, 2.45) is 0 Å². The number of hydrogen-bond donors (Lipinski definition) is 1. The molecule has 0 fully saturated rings. The third-order valence-electron chi connectivity index (χ3n) is 1.74. The minimum Gasteiger partial charge on any atom is -0.478 e. The van der Waals surface area contributed by atoms with Crippen LogP contribution in [0.3, 0.4) is 0 Å². The first-order valence-corrected chi connectivity index (χ1v) is 3.77. The summed E-state index contributed by atoms with van der Waals surface area (Å²) in [6, 6.07) is 0.997. The van der Waals surface area contributed by atoms with Crippen molar-refractivity contribution in [1.29, 1.82) is 0 Å². The molecule has 1 rings (SSSR count). The Morgan fingerprint density at radius 2 is 2.31 bits per heavy atom. The van der Waals surface area contributed by atoms with E-state index in [0.717, 1.165) is 6.07 Å². The summed E-state index contributed by atoms with van der Waals surface area (Å²) in [6.07, 6.45) is -1.42. The van der Waals surface area contributed by atoms with Gasteiger partial charge in [-0.15, -0.1) is 0 Å². The predicted molar refractivity (Wildman–Crippen MR) is 42.0 cm³/mol. The standard InChI is InChI=1S/C8H9F2NO2/c1-2-11-4-5(8(12)13)3-6(11)7(9)10/h3-4,7H,2H2,1H3,(H,12,13). The van der Waals surface area contributed by atoms with Gasteiger partial charge in [-0.2, -0.15) is 0 Å². The SMILES string of the molecule is CCn1cc(C(=O)O)cc1C(F)F. The average Bonchev–Trinajstić information content (AvgIpc) is 2.47. The quantitative estimate of drug-likeness (QED) is 0.791. The second-order valence-electron chi connectivity index (χ2n) is 2.55. The molecular formula is C8H9F2NO2. The first-order chi connectivity index (χ1) is 6.06. The predicted octanol–water partition coefficient (Wildman–Crippen LogP) is 2.14. The van der Waals surface area contributed by atoms with E-state index in [4.69, 9.17) is 5.11 Å². The zero-order valence-electron chi connectivity index (χ0n) is 7.00. The van der Waals surface area contributed by atoms with Gasteiger partial charge in [0.05, 0.1) is 11.3 Å². The number of alkyl halides is 2. The van der Waals surface area contributed by atoms with E-state index in [1.807, 2.05) is 0 Å². The van der Waals surface area contributed by atoms with Gasteiger partial charge < -0.3 is 9.67 Å². The maximum absolute atomic E-state index is 12.3. The van der Waals surface area contributed by atoms with Crippen molar-refractivity contribution in [2.45, 2.75) is 19.9 Å². The van der Waals surface area contributed by atoms with Crippen molar-refractivity contribution in [1.82, 2.24) is 4.57 Å². The lowest BCUT2D eigenvalue weighted by Crippen LogP contribution is -1.98. The van der Waals surface area contributed by atoms with Gasteiger partial charge in [-0.1, -0.05) is 0 Å². The molecule has 0 bridgehead atoms. The van der Waals surface area contributed by atoms with E-state index in [9.17, 15) is 13.6 Å². The summed E-state index contributed by atoms with van der Waals surface area (Å²) in [6.45, 7) is 2.02. The highest BCUT2D eigenvalue weighted by atomic mass is 19.3. The maximum atomic E-state index is 12.3. The highest BCUT2D eigenvalue weighted by Crippen LogP contribution is 2.21. The zero-order chi connectivity index (χ0) is 10.0.